The molecule has 2 saturated heterocycles. The predicted octanol–water partition coefficient (Wildman–Crippen LogP) is 4.62. The fraction of sp³-hybridized carbons (Fsp3) is 0.778. The second-order valence-corrected chi connectivity index (χ2v) is 14.4. The van der Waals surface area contributed by atoms with Gasteiger partial charge in [0.15, 0.2) is 0 Å². The van der Waals surface area contributed by atoms with Gasteiger partial charge in [-0.2, -0.15) is 0 Å². The Hall–Kier alpha value is -2.24. The van der Waals surface area contributed by atoms with Crippen molar-refractivity contribution in [2.24, 2.45) is 17.8 Å². The Kier molecular flexibility index (Phi) is 14.3. The summed E-state index contributed by atoms with van der Waals surface area (Å²) in [7, 11) is 4.13. The molecule has 46 heavy (non-hydrogen) atoms. The summed E-state index contributed by atoms with van der Waals surface area (Å²) in [5.74, 6) is -0.769. The van der Waals surface area contributed by atoms with E-state index in [1.165, 1.54) is 0 Å². The standard InChI is InChI=1S/C36H60N2O8/c1-9-29(40)26(5)34-31(44-34)22-36(6,43)18-10-11-24(3)33-25(4)13-15-30(23(2)12-14-28(39)21-32(41)46-33)45-35(42)38-19-16-27(17-20-38)37(7)8/h10-11,13,15,18,23,25-31,33-34,39-40,43H,9,12,14,16-17,19-22H2,1-8H3. The average Bonchev–Trinajstić information content (AvgIpc) is 3.76. The van der Waals surface area contributed by atoms with Gasteiger partial charge in [0.25, 0.3) is 0 Å². The zero-order valence-electron chi connectivity index (χ0n) is 29.3. The second-order valence-electron chi connectivity index (χ2n) is 14.4. The van der Waals surface area contributed by atoms with Gasteiger partial charge >= 0.3 is 12.1 Å². The van der Waals surface area contributed by atoms with Crippen molar-refractivity contribution >= 4 is 12.1 Å². The molecule has 3 aliphatic rings. The summed E-state index contributed by atoms with van der Waals surface area (Å²) in [5.41, 5.74) is -0.351. The molecular formula is C36H60N2O8. The second kappa shape index (κ2) is 17.2. The van der Waals surface area contributed by atoms with E-state index in [0.29, 0.717) is 44.8 Å². The number of piperidine rings is 1. The minimum Gasteiger partial charge on any atom is -0.457 e. The van der Waals surface area contributed by atoms with Gasteiger partial charge in [-0.25, -0.2) is 4.79 Å². The highest BCUT2D eigenvalue weighted by Gasteiger charge is 2.47. The van der Waals surface area contributed by atoms with E-state index in [2.05, 4.69) is 19.0 Å². The van der Waals surface area contributed by atoms with Gasteiger partial charge in [-0.15, -0.1) is 0 Å². The van der Waals surface area contributed by atoms with E-state index in [-0.39, 0.29) is 42.5 Å². The first kappa shape index (κ1) is 38.2. The first-order valence-electron chi connectivity index (χ1n) is 17.2. The lowest BCUT2D eigenvalue weighted by atomic mass is 9.91. The largest absolute Gasteiger partial charge is 0.457 e. The van der Waals surface area contributed by atoms with Crippen molar-refractivity contribution in [3.63, 3.8) is 0 Å². The molecule has 0 aliphatic carbocycles. The minimum atomic E-state index is -1.12. The number of amides is 1. The lowest BCUT2D eigenvalue weighted by molar-refractivity contribution is -0.151. The Morgan fingerprint density at radius 3 is 2.50 bits per heavy atom. The third-order valence-electron chi connectivity index (χ3n) is 9.99. The third kappa shape index (κ3) is 11.5. The van der Waals surface area contributed by atoms with Crippen molar-refractivity contribution in [2.45, 2.75) is 135 Å². The van der Waals surface area contributed by atoms with Crippen molar-refractivity contribution in [1.29, 1.82) is 0 Å². The number of esters is 1. The highest BCUT2D eigenvalue weighted by atomic mass is 16.6. The number of epoxide rings is 1. The summed E-state index contributed by atoms with van der Waals surface area (Å²) in [6, 6.07) is 0.456. The van der Waals surface area contributed by atoms with Crippen LogP contribution >= 0.6 is 0 Å². The van der Waals surface area contributed by atoms with Crippen LogP contribution in [0.2, 0.25) is 0 Å². The maximum absolute atomic E-state index is 13.2. The van der Waals surface area contributed by atoms with Crippen LogP contribution in [0.4, 0.5) is 4.79 Å². The van der Waals surface area contributed by atoms with Crippen LogP contribution in [0.5, 0.6) is 0 Å². The normalized spacial score (nSPS) is 33.1. The Labute approximate surface area is 276 Å². The Balaban J connectivity index is 1.70. The highest BCUT2D eigenvalue weighted by molar-refractivity contribution is 5.70. The van der Waals surface area contributed by atoms with Crippen LogP contribution in [0.3, 0.4) is 0 Å². The molecule has 3 heterocycles. The highest BCUT2D eigenvalue weighted by Crippen LogP contribution is 2.37. The van der Waals surface area contributed by atoms with Crippen LogP contribution in [-0.4, -0.2) is 113 Å². The van der Waals surface area contributed by atoms with Crippen molar-refractivity contribution < 1.29 is 39.1 Å². The fourth-order valence-corrected chi connectivity index (χ4v) is 6.56. The fourth-order valence-electron chi connectivity index (χ4n) is 6.56. The van der Waals surface area contributed by atoms with Crippen LogP contribution in [0.1, 0.15) is 86.5 Å². The monoisotopic (exact) mass is 648 g/mol. The van der Waals surface area contributed by atoms with E-state index >= 15 is 0 Å². The number of nitrogens with zero attached hydrogens (tertiary/aromatic N) is 2. The molecule has 10 unspecified atom stereocenters. The van der Waals surface area contributed by atoms with Gasteiger partial charge in [0.05, 0.1) is 36.4 Å². The zero-order chi connectivity index (χ0) is 34.2. The third-order valence-corrected chi connectivity index (χ3v) is 9.99. The predicted molar refractivity (Wildman–Crippen MR) is 178 cm³/mol. The number of hydrogen-bond donors (Lipinski definition) is 3. The summed E-state index contributed by atoms with van der Waals surface area (Å²) >= 11 is 0. The van der Waals surface area contributed by atoms with Gasteiger partial charge in [0.1, 0.15) is 12.2 Å². The molecule has 3 aliphatic heterocycles. The maximum Gasteiger partial charge on any atom is 0.410 e. The van der Waals surface area contributed by atoms with Crippen LogP contribution in [0, 0.1) is 17.8 Å². The van der Waals surface area contributed by atoms with E-state index in [1.807, 2.05) is 52.8 Å². The molecule has 0 aromatic heterocycles. The number of carbonyl (C=O) groups is 2. The molecule has 0 aromatic carbocycles. The number of hydrogen-bond acceptors (Lipinski definition) is 9. The van der Waals surface area contributed by atoms with Crippen molar-refractivity contribution in [1.82, 2.24) is 9.80 Å². The molecule has 262 valence electrons. The summed E-state index contributed by atoms with van der Waals surface area (Å²) < 4.78 is 17.7. The van der Waals surface area contributed by atoms with Gasteiger partial charge in [0, 0.05) is 37.4 Å². The minimum absolute atomic E-state index is 0.00692. The van der Waals surface area contributed by atoms with Crippen LogP contribution in [0.15, 0.2) is 36.0 Å². The molecule has 0 spiro atoms. The summed E-state index contributed by atoms with van der Waals surface area (Å²) in [6.45, 7) is 12.8. The van der Waals surface area contributed by atoms with E-state index in [0.717, 1.165) is 18.4 Å². The van der Waals surface area contributed by atoms with Crippen molar-refractivity contribution in [3.8, 4) is 0 Å². The van der Waals surface area contributed by atoms with Crippen LogP contribution < -0.4 is 0 Å². The molecule has 3 rings (SSSR count). The van der Waals surface area contributed by atoms with Crippen LogP contribution in [0.25, 0.3) is 0 Å². The molecule has 0 saturated carbocycles. The maximum atomic E-state index is 13.2. The lowest BCUT2D eigenvalue weighted by Gasteiger charge is -2.35. The molecule has 10 atom stereocenters. The number of cyclic esters (lactones) is 1. The van der Waals surface area contributed by atoms with E-state index in [9.17, 15) is 24.9 Å². The molecule has 0 bridgehead atoms. The van der Waals surface area contributed by atoms with Crippen molar-refractivity contribution in [3.05, 3.63) is 36.0 Å². The molecule has 0 radical (unpaired) electrons. The average molecular weight is 649 g/mol. The number of rotatable bonds is 10. The first-order valence-corrected chi connectivity index (χ1v) is 17.2. The Bertz CT molecular complexity index is 1080. The summed E-state index contributed by atoms with van der Waals surface area (Å²) in [4.78, 5) is 30.0. The van der Waals surface area contributed by atoms with E-state index in [4.69, 9.17) is 14.2 Å². The first-order chi connectivity index (χ1) is 21.6. The molecule has 2 fully saturated rings. The number of aliphatic hydroxyl groups is 3. The van der Waals surface area contributed by atoms with Gasteiger partial charge in [-0.05, 0) is 77.6 Å². The summed E-state index contributed by atoms with van der Waals surface area (Å²) in [5, 5.41) is 31.7. The zero-order valence-corrected chi connectivity index (χ0v) is 29.3. The number of ether oxygens (including phenoxy) is 3. The van der Waals surface area contributed by atoms with Gasteiger partial charge in [-0.3, -0.25) is 4.79 Å². The quantitative estimate of drug-likeness (QED) is 0.134. The van der Waals surface area contributed by atoms with Gasteiger partial charge < -0.3 is 39.3 Å². The number of allylic oxidation sites excluding steroid dienone is 2. The smallest absolute Gasteiger partial charge is 0.410 e. The number of carbonyl (C=O) groups excluding carboxylic acids is 2. The van der Waals surface area contributed by atoms with E-state index < -0.39 is 36.0 Å². The Morgan fingerprint density at radius 2 is 1.87 bits per heavy atom. The molecular weight excluding hydrogens is 588 g/mol. The van der Waals surface area contributed by atoms with Crippen LogP contribution in [-0.2, 0) is 19.0 Å². The Morgan fingerprint density at radius 1 is 1.20 bits per heavy atom. The molecule has 1 amide bonds. The van der Waals surface area contributed by atoms with Gasteiger partial charge in [0.2, 0.25) is 0 Å². The summed E-state index contributed by atoms with van der Waals surface area (Å²) in [6.07, 6.45) is 9.98. The van der Waals surface area contributed by atoms with Crippen molar-refractivity contribution in [2.75, 3.05) is 27.2 Å². The topological polar surface area (TPSA) is 132 Å². The van der Waals surface area contributed by atoms with E-state index in [1.54, 1.807) is 24.0 Å². The van der Waals surface area contributed by atoms with Gasteiger partial charge in [-0.1, -0.05) is 52.0 Å². The number of likely N-dealkylation sites (tertiary alicyclic amines) is 1. The molecule has 0 aromatic rings. The molecule has 10 nitrogen and oxygen atoms in total. The molecule has 3 N–H and O–H groups in total. The number of aliphatic hydroxyl groups excluding tert-OH is 2. The lowest BCUT2D eigenvalue weighted by Crippen LogP contribution is -2.45. The SMILES string of the molecule is CCC(O)C(C)C1OC1CC(C)(O)C=CC=C(C)C1OC(=O)CC(O)CCC(C)C(OC(=O)N2CCC(N(C)C)CC2)C=CC1C. The molecule has 10 heteroatoms.